The van der Waals surface area contributed by atoms with Gasteiger partial charge in [-0.15, -0.1) is 0 Å². The first-order chi connectivity index (χ1) is 6.92. The average molecular weight is 243 g/mol. The molecule has 0 aromatic rings. The first-order valence-corrected chi connectivity index (χ1v) is 5.97. The maximum absolute atomic E-state index is 10.9. The molecule has 0 amide bonds. The van der Waals surface area contributed by atoms with Crippen molar-refractivity contribution in [1.29, 1.82) is 0 Å². The lowest BCUT2D eigenvalue weighted by atomic mass is 10.2. The Hall–Kier alpha value is -0.250. The quantitative estimate of drug-likeness (QED) is 0.308. The molecule has 0 spiro atoms. The maximum atomic E-state index is 10.9. The van der Waals surface area contributed by atoms with Gasteiger partial charge in [0.25, 0.3) is 10.1 Å². The Morgan fingerprint density at radius 1 is 1.20 bits per heavy atom. The van der Waals surface area contributed by atoms with Gasteiger partial charge in [-0.2, -0.15) is 8.42 Å². The summed E-state index contributed by atoms with van der Waals surface area (Å²) in [5, 5.41) is 25.3. The van der Waals surface area contributed by atoms with Crippen molar-refractivity contribution < 1.29 is 28.3 Å². The first kappa shape index (κ1) is 14.8. The van der Waals surface area contributed by atoms with Crippen molar-refractivity contribution in [1.82, 2.24) is 4.90 Å². The second kappa shape index (κ2) is 6.36. The van der Waals surface area contributed by atoms with E-state index in [0.717, 1.165) is 4.90 Å². The van der Waals surface area contributed by atoms with Crippen LogP contribution < -0.4 is 0 Å². The minimum Gasteiger partial charge on any atom is -0.395 e. The van der Waals surface area contributed by atoms with Gasteiger partial charge < -0.3 is 15.3 Å². The lowest BCUT2D eigenvalue weighted by molar-refractivity contribution is 0.00167. The number of hydrogen-bond acceptors (Lipinski definition) is 6. The molecule has 4 N–H and O–H groups in total. The summed E-state index contributed by atoms with van der Waals surface area (Å²) in [7, 11) is -4.35. The zero-order chi connectivity index (χ0) is 12.1. The highest BCUT2D eigenvalue weighted by molar-refractivity contribution is 7.86. The van der Waals surface area contributed by atoms with Crippen LogP contribution in [0.3, 0.4) is 0 Å². The third-order valence-corrected chi connectivity index (χ3v) is 3.41. The summed E-state index contributed by atoms with van der Waals surface area (Å²) in [6.45, 7) is -0.191. The zero-order valence-corrected chi connectivity index (χ0v) is 9.26. The molecule has 7 nitrogen and oxygen atoms in total. The van der Waals surface area contributed by atoms with Crippen LogP contribution in [-0.4, -0.2) is 64.6 Å². The molecule has 0 aliphatic carbocycles. The van der Waals surface area contributed by atoms with Crippen molar-refractivity contribution in [2.75, 3.05) is 19.9 Å². The summed E-state index contributed by atoms with van der Waals surface area (Å²) < 4.78 is 30.8. The summed E-state index contributed by atoms with van der Waals surface area (Å²) >= 11 is 0. The molecule has 0 saturated heterocycles. The fraction of sp³-hybridized carbons (Fsp3) is 1.00. The lowest BCUT2D eigenvalue weighted by Crippen LogP contribution is -2.50. The van der Waals surface area contributed by atoms with Gasteiger partial charge in [0, 0.05) is 0 Å². The van der Waals surface area contributed by atoms with E-state index in [9.17, 15) is 8.42 Å². The number of aliphatic hydroxyl groups is 3. The van der Waals surface area contributed by atoms with Crippen molar-refractivity contribution in [3.8, 4) is 0 Å². The molecule has 15 heavy (non-hydrogen) atoms. The molecule has 92 valence electrons. The van der Waals surface area contributed by atoms with Crippen LogP contribution in [0.4, 0.5) is 0 Å². The molecule has 8 heteroatoms. The molecule has 0 aliphatic heterocycles. The van der Waals surface area contributed by atoms with Gasteiger partial charge in [-0.25, -0.2) is 0 Å². The predicted octanol–water partition coefficient (Wildman–Crippen LogP) is -1.78. The van der Waals surface area contributed by atoms with E-state index in [1.165, 1.54) is 6.92 Å². The summed E-state index contributed by atoms with van der Waals surface area (Å²) in [5.41, 5.74) is 0. The Kier molecular flexibility index (Phi) is 6.25. The molecule has 1 atom stereocenters. The minimum absolute atomic E-state index is 0.0376. The van der Waals surface area contributed by atoms with Crippen molar-refractivity contribution in [2.24, 2.45) is 0 Å². The number of hydrogen-bond donors (Lipinski definition) is 4. The van der Waals surface area contributed by atoms with E-state index in [2.05, 4.69) is 0 Å². The summed E-state index contributed by atoms with van der Waals surface area (Å²) in [6.07, 6.45) is 0.0376. The van der Waals surface area contributed by atoms with Gasteiger partial charge in [-0.05, 0) is 6.42 Å². The molecule has 0 fully saturated rings. The molecule has 0 rings (SSSR count). The predicted molar refractivity (Wildman–Crippen MR) is 52.5 cm³/mol. The summed E-state index contributed by atoms with van der Waals surface area (Å²) in [6, 6.07) is -0.915. The molecule has 0 aliphatic rings. The Morgan fingerprint density at radius 2 is 1.67 bits per heavy atom. The fourth-order valence-corrected chi connectivity index (χ4v) is 2.33. The van der Waals surface area contributed by atoms with Crippen LogP contribution in [0.2, 0.25) is 0 Å². The second-order valence-electron chi connectivity index (χ2n) is 3.05. The van der Waals surface area contributed by atoms with Crippen molar-refractivity contribution in [2.45, 2.75) is 24.8 Å². The normalized spacial score (nSPS) is 14.9. The van der Waals surface area contributed by atoms with Crippen LogP contribution in [0.15, 0.2) is 0 Å². The molecular formula is C7H17NO6S. The molecule has 0 saturated carbocycles. The van der Waals surface area contributed by atoms with Crippen LogP contribution >= 0.6 is 0 Å². The topological polar surface area (TPSA) is 118 Å². The monoisotopic (exact) mass is 243 g/mol. The lowest BCUT2D eigenvalue weighted by Gasteiger charge is -2.32. The molecule has 0 aromatic heterocycles. The van der Waals surface area contributed by atoms with Gasteiger partial charge in [0.15, 0.2) is 0 Å². The van der Waals surface area contributed by atoms with Gasteiger partial charge in [0.2, 0.25) is 0 Å². The molecule has 0 bridgehead atoms. The van der Waals surface area contributed by atoms with Gasteiger partial charge in [-0.3, -0.25) is 9.45 Å². The molecule has 1 unspecified atom stereocenters. The van der Waals surface area contributed by atoms with Gasteiger partial charge >= 0.3 is 0 Å². The highest BCUT2D eigenvalue weighted by atomic mass is 32.2. The standard InChI is InChI=1S/C7H17NO6S/c1-2-7(15(12,13)14)8(5-11)6(3-9)4-10/h6-7,9-11H,2-5H2,1H3,(H,12,13,14). The van der Waals surface area contributed by atoms with E-state index in [1.807, 2.05) is 0 Å². The van der Waals surface area contributed by atoms with Gasteiger partial charge in [0.05, 0.1) is 26.0 Å². The molecular weight excluding hydrogens is 226 g/mol. The minimum atomic E-state index is -4.35. The van der Waals surface area contributed by atoms with E-state index >= 15 is 0 Å². The van der Waals surface area contributed by atoms with Gasteiger partial charge in [0.1, 0.15) is 5.37 Å². The van der Waals surface area contributed by atoms with E-state index < -0.39 is 41.5 Å². The van der Waals surface area contributed by atoms with Crippen LogP contribution in [0.5, 0.6) is 0 Å². The van der Waals surface area contributed by atoms with E-state index in [-0.39, 0.29) is 6.42 Å². The first-order valence-electron chi connectivity index (χ1n) is 4.46. The summed E-state index contributed by atoms with van der Waals surface area (Å²) in [4.78, 5) is 0.926. The van der Waals surface area contributed by atoms with Crippen LogP contribution in [-0.2, 0) is 10.1 Å². The number of aliphatic hydroxyl groups excluding tert-OH is 3. The largest absolute Gasteiger partial charge is 0.395 e. The van der Waals surface area contributed by atoms with E-state index in [0.29, 0.717) is 0 Å². The third-order valence-electron chi connectivity index (χ3n) is 2.12. The third kappa shape index (κ3) is 4.01. The second-order valence-corrected chi connectivity index (χ2v) is 4.63. The maximum Gasteiger partial charge on any atom is 0.281 e. The number of nitrogens with zero attached hydrogens (tertiary/aromatic N) is 1. The van der Waals surface area contributed by atoms with Gasteiger partial charge in [-0.1, -0.05) is 6.92 Å². The average Bonchev–Trinajstić information content (AvgIpc) is 2.16. The smallest absolute Gasteiger partial charge is 0.281 e. The van der Waals surface area contributed by atoms with E-state index in [4.69, 9.17) is 19.9 Å². The molecule has 0 aromatic carbocycles. The van der Waals surface area contributed by atoms with Crippen molar-refractivity contribution in [3.05, 3.63) is 0 Å². The highest BCUT2D eigenvalue weighted by Gasteiger charge is 2.32. The SMILES string of the molecule is CCC(N(CO)C(CO)CO)S(=O)(=O)O. The summed E-state index contributed by atoms with van der Waals surface area (Å²) in [5.74, 6) is 0. The highest BCUT2D eigenvalue weighted by Crippen LogP contribution is 2.13. The Labute approximate surface area is 88.7 Å². The fourth-order valence-electron chi connectivity index (χ4n) is 1.33. The van der Waals surface area contributed by atoms with Crippen molar-refractivity contribution >= 4 is 10.1 Å². The molecule has 0 heterocycles. The van der Waals surface area contributed by atoms with Crippen molar-refractivity contribution in [3.63, 3.8) is 0 Å². The van der Waals surface area contributed by atoms with Crippen LogP contribution in [0.1, 0.15) is 13.3 Å². The zero-order valence-electron chi connectivity index (χ0n) is 8.44. The Balaban J connectivity index is 4.91. The Morgan fingerprint density at radius 3 is 1.87 bits per heavy atom. The number of rotatable bonds is 7. The molecule has 0 radical (unpaired) electrons. The Bertz CT molecular complexity index is 263. The van der Waals surface area contributed by atoms with E-state index in [1.54, 1.807) is 0 Å². The van der Waals surface area contributed by atoms with Crippen LogP contribution in [0.25, 0.3) is 0 Å². The van der Waals surface area contributed by atoms with Crippen LogP contribution in [0, 0.1) is 0 Å².